The van der Waals surface area contributed by atoms with Crippen LogP contribution in [0.5, 0.6) is 0 Å². The first-order valence-electron chi connectivity index (χ1n) is 7.33. The van der Waals surface area contributed by atoms with Gasteiger partial charge >= 0.3 is 0 Å². The van der Waals surface area contributed by atoms with Gasteiger partial charge in [-0.05, 0) is 79.4 Å². The van der Waals surface area contributed by atoms with Crippen molar-refractivity contribution in [2.24, 2.45) is 23.7 Å². The molecule has 0 unspecified atom stereocenters. The van der Waals surface area contributed by atoms with E-state index in [1.807, 2.05) is 6.07 Å². The lowest BCUT2D eigenvalue weighted by atomic mass is 9.51. The van der Waals surface area contributed by atoms with Crippen molar-refractivity contribution in [2.45, 2.75) is 38.0 Å². The number of hydrogen-bond donors (Lipinski definition) is 0. The summed E-state index contributed by atoms with van der Waals surface area (Å²) in [5.41, 5.74) is 2.28. The first kappa shape index (κ1) is 10.6. The maximum absolute atomic E-state index is 9.06. The van der Waals surface area contributed by atoms with Crippen LogP contribution in [-0.4, -0.2) is 0 Å². The molecule has 4 saturated carbocycles. The molecule has 1 nitrogen and oxygen atoms in total. The van der Waals surface area contributed by atoms with E-state index in [-0.39, 0.29) is 0 Å². The second-order valence-corrected chi connectivity index (χ2v) is 6.69. The van der Waals surface area contributed by atoms with Gasteiger partial charge in [0.05, 0.1) is 11.6 Å². The molecule has 0 N–H and O–H groups in total. The Morgan fingerprint density at radius 1 is 0.944 bits per heavy atom. The van der Waals surface area contributed by atoms with E-state index in [4.69, 9.17) is 5.26 Å². The average Bonchev–Trinajstić information content (AvgIpc) is 2.38. The summed E-state index contributed by atoms with van der Waals surface area (Å²) in [4.78, 5) is 0. The predicted molar refractivity (Wildman–Crippen MR) is 70.9 cm³/mol. The lowest BCUT2D eigenvalue weighted by Crippen LogP contribution is -2.43. The summed E-state index contributed by atoms with van der Waals surface area (Å²) >= 11 is 0. The van der Waals surface area contributed by atoms with E-state index < -0.39 is 0 Å². The van der Waals surface area contributed by atoms with Crippen molar-refractivity contribution in [2.75, 3.05) is 0 Å². The summed E-state index contributed by atoms with van der Waals surface area (Å²) in [5.74, 6) is 4.64. The van der Waals surface area contributed by atoms with Crippen LogP contribution in [0, 0.1) is 35.0 Å². The molecule has 0 saturated heterocycles. The molecule has 4 aliphatic rings. The summed E-state index contributed by atoms with van der Waals surface area (Å²) in [5, 5.41) is 9.06. The molecule has 0 aromatic heterocycles. The van der Waals surface area contributed by atoms with Gasteiger partial charge in [-0.1, -0.05) is 12.1 Å². The first-order chi connectivity index (χ1) is 8.83. The molecule has 5 rings (SSSR count). The van der Waals surface area contributed by atoms with Gasteiger partial charge in [0.1, 0.15) is 0 Å². The van der Waals surface area contributed by atoms with Gasteiger partial charge in [-0.3, -0.25) is 0 Å². The first-order valence-corrected chi connectivity index (χ1v) is 7.33. The van der Waals surface area contributed by atoms with E-state index in [9.17, 15) is 0 Å². The molecule has 18 heavy (non-hydrogen) atoms. The van der Waals surface area contributed by atoms with Gasteiger partial charge in [-0.15, -0.1) is 0 Å². The van der Waals surface area contributed by atoms with Crippen molar-refractivity contribution < 1.29 is 0 Å². The Hall–Kier alpha value is -1.29. The van der Waals surface area contributed by atoms with Crippen LogP contribution in [0.1, 0.15) is 49.1 Å². The molecule has 0 spiro atoms. The molecule has 0 amide bonds. The van der Waals surface area contributed by atoms with Crippen molar-refractivity contribution in [3.8, 4) is 6.07 Å². The highest BCUT2D eigenvalue weighted by molar-refractivity contribution is 5.35. The van der Waals surface area contributed by atoms with Crippen molar-refractivity contribution in [3.05, 3.63) is 35.4 Å². The Balaban J connectivity index is 1.70. The minimum absolute atomic E-state index is 0.756. The second-order valence-electron chi connectivity index (χ2n) is 6.69. The average molecular weight is 237 g/mol. The summed E-state index contributed by atoms with van der Waals surface area (Å²) in [6.45, 7) is 0. The van der Waals surface area contributed by atoms with Crippen LogP contribution in [0.25, 0.3) is 0 Å². The topological polar surface area (TPSA) is 23.8 Å². The van der Waals surface area contributed by atoms with Gasteiger partial charge in [0.15, 0.2) is 0 Å². The van der Waals surface area contributed by atoms with E-state index in [0.717, 1.165) is 35.2 Å². The van der Waals surface area contributed by atoms with Crippen molar-refractivity contribution in [1.29, 1.82) is 5.26 Å². The minimum atomic E-state index is 0.756. The maximum Gasteiger partial charge on any atom is 0.0991 e. The Labute approximate surface area is 109 Å². The highest BCUT2D eigenvalue weighted by Crippen LogP contribution is 2.59. The van der Waals surface area contributed by atoms with Crippen LogP contribution in [0.4, 0.5) is 0 Å². The van der Waals surface area contributed by atoms with Gasteiger partial charge in [-0.25, -0.2) is 0 Å². The molecule has 1 aromatic rings. The molecular formula is C17H19N. The summed E-state index contributed by atoms with van der Waals surface area (Å²) < 4.78 is 0. The number of benzene rings is 1. The van der Waals surface area contributed by atoms with Crippen LogP contribution in [0.15, 0.2) is 24.3 Å². The Morgan fingerprint density at radius 2 is 1.61 bits per heavy atom. The van der Waals surface area contributed by atoms with Gasteiger partial charge < -0.3 is 0 Å². The number of rotatable bonds is 1. The van der Waals surface area contributed by atoms with Crippen molar-refractivity contribution in [3.63, 3.8) is 0 Å². The normalized spacial score (nSPS) is 40.7. The Kier molecular flexibility index (Phi) is 2.27. The third kappa shape index (κ3) is 1.52. The van der Waals surface area contributed by atoms with Crippen LogP contribution in [0.3, 0.4) is 0 Å². The highest BCUT2D eigenvalue weighted by Gasteiger charge is 2.48. The van der Waals surface area contributed by atoms with E-state index in [2.05, 4.69) is 24.3 Å². The molecule has 0 radical (unpaired) electrons. The molecular weight excluding hydrogens is 218 g/mol. The molecule has 0 aliphatic heterocycles. The zero-order valence-corrected chi connectivity index (χ0v) is 10.7. The third-order valence-corrected chi connectivity index (χ3v) is 5.63. The minimum Gasteiger partial charge on any atom is -0.192 e. The SMILES string of the molecule is N#Cc1cccc(C2C3CC4CC(C3)CC2C4)c1. The van der Waals surface area contributed by atoms with Gasteiger partial charge in [-0.2, -0.15) is 5.26 Å². The highest BCUT2D eigenvalue weighted by atomic mass is 14.5. The Bertz CT molecular complexity index is 483. The summed E-state index contributed by atoms with van der Waals surface area (Å²) in [6, 6.07) is 10.7. The molecule has 0 heterocycles. The fourth-order valence-corrected chi connectivity index (χ4v) is 5.29. The van der Waals surface area contributed by atoms with E-state index in [0.29, 0.717) is 0 Å². The van der Waals surface area contributed by atoms with E-state index in [1.165, 1.54) is 37.7 Å². The molecule has 0 atom stereocenters. The number of hydrogen-bond acceptors (Lipinski definition) is 1. The zero-order valence-electron chi connectivity index (χ0n) is 10.7. The number of nitrogens with zero attached hydrogens (tertiary/aromatic N) is 1. The third-order valence-electron chi connectivity index (χ3n) is 5.63. The van der Waals surface area contributed by atoms with Gasteiger partial charge in [0.2, 0.25) is 0 Å². The van der Waals surface area contributed by atoms with Crippen molar-refractivity contribution >= 4 is 0 Å². The lowest BCUT2D eigenvalue weighted by Gasteiger charge is -2.54. The molecule has 4 aliphatic carbocycles. The maximum atomic E-state index is 9.06. The van der Waals surface area contributed by atoms with Gasteiger partial charge in [0.25, 0.3) is 0 Å². The summed E-state index contributed by atoms with van der Waals surface area (Å²) in [7, 11) is 0. The van der Waals surface area contributed by atoms with E-state index in [1.54, 1.807) is 0 Å². The molecule has 1 heteroatoms. The van der Waals surface area contributed by atoms with Gasteiger partial charge in [0, 0.05) is 0 Å². The fraction of sp³-hybridized carbons (Fsp3) is 0.588. The monoisotopic (exact) mass is 237 g/mol. The zero-order chi connectivity index (χ0) is 12.1. The second kappa shape index (κ2) is 3.85. The fourth-order valence-electron chi connectivity index (χ4n) is 5.29. The molecule has 4 fully saturated rings. The van der Waals surface area contributed by atoms with Crippen LogP contribution in [-0.2, 0) is 0 Å². The van der Waals surface area contributed by atoms with Crippen LogP contribution >= 0.6 is 0 Å². The Morgan fingerprint density at radius 3 is 2.22 bits per heavy atom. The lowest BCUT2D eigenvalue weighted by molar-refractivity contribution is -0.00278. The number of nitriles is 1. The molecule has 4 bridgehead atoms. The van der Waals surface area contributed by atoms with Crippen LogP contribution < -0.4 is 0 Å². The largest absolute Gasteiger partial charge is 0.192 e. The summed E-state index contributed by atoms with van der Waals surface area (Å²) in [6.07, 6.45) is 7.32. The van der Waals surface area contributed by atoms with E-state index >= 15 is 0 Å². The smallest absolute Gasteiger partial charge is 0.0991 e. The molecule has 1 aromatic carbocycles. The predicted octanol–water partition coefficient (Wildman–Crippen LogP) is 4.10. The van der Waals surface area contributed by atoms with Crippen LogP contribution in [0.2, 0.25) is 0 Å². The quantitative estimate of drug-likeness (QED) is 0.721. The van der Waals surface area contributed by atoms with Crippen molar-refractivity contribution in [1.82, 2.24) is 0 Å². The standard InChI is InChI=1S/C17H19N/c18-10-11-2-1-3-14(5-11)17-15-6-12-4-13(8-15)9-16(17)7-12/h1-3,5,12-13,15-17H,4,6-9H2. The molecule has 92 valence electrons.